The zero-order chi connectivity index (χ0) is 14.7. The Hall–Kier alpha value is -0.570. The van der Waals surface area contributed by atoms with Crippen molar-refractivity contribution in [3.05, 3.63) is 0 Å². The lowest BCUT2D eigenvalue weighted by molar-refractivity contribution is -0.139. The molecule has 5 unspecified atom stereocenters. The molecule has 1 saturated carbocycles. The summed E-state index contributed by atoms with van der Waals surface area (Å²) in [6.45, 7) is 8.65. The van der Waals surface area contributed by atoms with Gasteiger partial charge in [-0.3, -0.25) is 4.79 Å². The third-order valence-electron chi connectivity index (χ3n) is 5.74. The number of hydrogen-bond donors (Lipinski definition) is 1. The molecule has 1 aliphatic carbocycles. The van der Waals surface area contributed by atoms with Crippen molar-refractivity contribution in [1.29, 1.82) is 0 Å². The predicted octanol–water partition coefficient (Wildman–Crippen LogP) is 3.03. The van der Waals surface area contributed by atoms with Gasteiger partial charge in [-0.05, 0) is 49.9 Å². The summed E-state index contributed by atoms with van der Waals surface area (Å²) in [7, 11) is 0. The van der Waals surface area contributed by atoms with Crippen molar-refractivity contribution in [2.45, 2.75) is 65.3 Å². The quantitative estimate of drug-likeness (QED) is 0.845. The van der Waals surface area contributed by atoms with Crippen molar-refractivity contribution in [2.24, 2.45) is 29.4 Å². The van der Waals surface area contributed by atoms with E-state index in [9.17, 15) is 4.79 Å². The van der Waals surface area contributed by atoms with Gasteiger partial charge in [0.05, 0.1) is 0 Å². The number of likely N-dealkylation sites (tertiary alicyclic amines) is 1. The van der Waals surface area contributed by atoms with Crippen molar-refractivity contribution in [3.8, 4) is 0 Å². The van der Waals surface area contributed by atoms with Crippen LogP contribution in [0.1, 0.15) is 59.3 Å². The van der Waals surface area contributed by atoms with E-state index in [1.54, 1.807) is 0 Å². The molecule has 2 fully saturated rings. The molecule has 1 heterocycles. The van der Waals surface area contributed by atoms with Gasteiger partial charge < -0.3 is 10.6 Å². The van der Waals surface area contributed by atoms with Crippen LogP contribution in [0.5, 0.6) is 0 Å². The number of nitrogens with two attached hydrogens (primary N) is 1. The van der Waals surface area contributed by atoms with Crippen molar-refractivity contribution in [2.75, 3.05) is 13.1 Å². The van der Waals surface area contributed by atoms with Crippen LogP contribution in [0.15, 0.2) is 0 Å². The topological polar surface area (TPSA) is 46.3 Å². The van der Waals surface area contributed by atoms with Gasteiger partial charge in [-0.25, -0.2) is 0 Å². The average Bonchev–Trinajstić information content (AvgIpc) is 2.67. The lowest BCUT2D eigenvalue weighted by Crippen LogP contribution is -2.46. The Morgan fingerprint density at radius 2 is 1.90 bits per heavy atom. The molecular formula is C17H32N2O. The molecule has 1 aliphatic heterocycles. The number of carbonyl (C=O) groups excluding carboxylic acids is 1. The molecule has 0 aromatic carbocycles. The molecule has 0 bridgehead atoms. The zero-order valence-corrected chi connectivity index (χ0v) is 13.5. The number of hydrogen-bond acceptors (Lipinski definition) is 2. The largest absolute Gasteiger partial charge is 0.342 e. The first kappa shape index (κ1) is 15.8. The molecule has 20 heavy (non-hydrogen) atoms. The van der Waals surface area contributed by atoms with Crippen LogP contribution in [0.25, 0.3) is 0 Å². The molecule has 3 nitrogen and oxygen atoms in total. The summed E-state index contributed by atoms with van der Waals surface area (Å²) in [5.74, 6) is 2.42. The highest BCUT2D eigenvalue weighted by Crippen LogP contribution is 2.34. The summed E-state index contributed by atoms with van der Waals surface area (Å²) in [5, 5.41) is 0. The minimum absolute atomic E-state index is 0.166. The minimum Gasteiger partial charge on any atom is -0.342 e. The molecule has 1 amide bonds. The van der Waals surface area contributed by atoms with E-state index in [1.165, 1.54) is 25.7 Å². The second kappa shape index (κ2) is 6.93. The van der Waals surface area contributed by atoms with Gasteiger partial charge in [0.2, 0.25) is 5.91 Å². The lowest BCUT2D eigenvalue weighted by Gasteiger charge is -2.38. The fourth-order valence-corrected chi connectivity index (χ4v) is 4.06. The monoisotopic (exact) mass is 280 g/mol. The molecule has 2 N–H and O–H groups in total. The Kier molecular flexibility index (Phi) is 5.48. The van der Waals surface area contributed by atoms with Crippen LogP contribution < -0.4 is 5.73 Å². The van der Waals surface area contributed by atoms with Gasteiger partial charge in [0.1, 0.15) is 0 Å². The Morgan fingerprint density at radius 3 is 2.60 bits per heavy atom. The second-order valence-electron chi connectivity index (χ2n) is 7.23. The fraction of sp³-hybridized carbons (Fsp3) is 0.941. The van der Waals surface area contributed by atoms with Gasteiger partial charge in [0.15, 0.2) is 0 Å². The van der Waals surface area contributed by atoms with Crippen LogP contribution in [-0.2, 0) is 4.79 Å². The minimum atomic E-state index is 0.166. The molecule has 1 saturated heterocycles. The maximum Gasteiger partial charge on any atom is 0.226 e. The molecular weight excluding hydrogens is 248 g/mol. The first-order chi connectivity index (χ1) is 9.52. The zero-order valence-electron chi connectivity index (χ0n) is 13.5. The molecule has 0 aromatic rings. The van der Waals surface area contributed by atoms with E-state index in [0.29, 0.717) is 17.7 Å². The molecule has 2 aliphatic rings. The summed E-state index contributed by atoms with van der Waals surface area (Å²) < 4.78 is 0. The van der Waals surface area contributed by atoms with Crippen molar-refractivity contribution in [1.82, 2.24) is 4.90 Å². The van der Waals surface area contributed by atoms with Crippen LogP contribution in [0.4, 0.5) is 0 Å². The summed E-state index contributed by atoms with van der Waals surface area (Å²) in [5.41, 5.74) is 6.20. The number of amides is 1. The summed E-state index contributed by atoms with van der Waals surface area (Å²) in [6, 6.07) is 0.204. The third kappa shape index (κ3) is 3.55. The van der Waals surface area contributed by atoms with E-state index in [1.807, 2.05) is 0 Å². The summed E-state index contributed by atoms with van der Waals surface area (Å²) in [4.78, 5) is 15.0. The van der Waals surface area contributed by atoms with Crippen molar-refractivity contribution < 1.29 is 4.79 Å². The molecule has 0 radical (unpaired) electrons. The van der Waals surface area contributed by atoms with E-state index in [4.69, 9.17) is 5.73 Å². The SMILES string of the molecule is CCC1CCCN(C(=O)C2CC(N)C(C)CC2C)CC1. The van der Waals surface area contributed by atoms with Crippen molar-refractivity contribution in [3.63, 3.8) is 0 Å². The van der Waals surface area contributed by atoms with E-state index in [-0.39, 0.29) is 12.0 Å². The number of rotatable bonds is 2. The Balaban J connectivity index is 1.96. The van der Waals surface area contributed by atoms with Crippen LogP contribution >= 0.6 is 0 Å². The van der Waals surface area contributed by atoms with Crippen LogP contribution in [0.3, 0.4) is 0 Å². The first-order valence-corrected chi connectivity index (χ1v) is 8.57. The Morgan fingerprint density at radius 1 is 1.15 bits per heavy atom. The van der Waals surface area contributed by atoms with E-state index < -0.39 is 0 Å². The lowest BCUT2D eigenvalue weighted by atomic mass is 9.72. The Labute approximate surface area is 124 Å². The number of nitrogens with zero attached hydrogens (tertiary/aromatic N) is 1. The van der Waals surface area contributed by atoms with Gasteiger partial charge in [-0.1, -0.05) is 27.2 Å². The second-order valence-corrected chi connectivity index (χ2v) is 7.23. The summed E-state index contributed by atoms with van der Waals surface area (Å²) >= 11 is 0. The van der Waals surface area contributed by atoms with Crippen LogP contribution in [0.2, 0.25) is 0 Å². The highest BCUT2D eigenvalue weighted by atomic mass is 16.2. The Bertz CT molecular complexity index is 331. The molecule has 0 aromatic heterocycles. The molecule has 116 valence electrons. The van der Waals surface area contributed by atoms with E-state index in [2.05, 4.69) is 25.7 Å². The molecule has 2 rings (SSSR count). The average molecular weight is 280 g/mol. The molecule has 3 heteroatoms. The molecule has 0 spiro atoms. The van der Waals surface area contributed by atoms with E-state index >= 15 is 0 Å². The third-order valence-corrected chi connectivity index (χ3v) is 5.74. The highest BCUT2D eigenvalue weighted by molar-refractivity contribution is 5.79. The smallest absolute Gasteiger partial charge is 0.226 e. The maximum atomic E-state index is 12.8. The molecule has 5 atom stereocenters. The van der Waals surface area contributed by atoms with Gasteiger partial charge >= 0.3 is 0 Å². The highest BCUT2D eigenvalue weighted by Gasteiger charge is 2.37. The van der Waals surface area contributed by atoms with Gasteiger partial charge in [-0.15, -0.1) is 0 Å². The predicted molar refractivity (Wildman–Crippen MR) is 83.2 cm³/mol. The van der Waals surface area contributed by atoms with Gasteiger partial charge in [0.25, 0.3) is 0 Å². The normalized spacial score (nSPS) is 39.4. The first-order valence-electron chi connectivity index (χ1n) is 8.57. The van der Waals surface area contributed by atoms with Crippen LogP contribution in [0, 0.1) is 23.7 Å². The maximum absolute atomic E-state index is 12.8. The van der Waals surface area contributed by atoms with E-state index in [0.717, 1.165) is 31.8 Å². The van der Waals surface area contributed by atoms with Crippen LogP contribution in [-0.4, -0.2) is 29.9 Å². The van der Waals surface area contributed by atoms with Crippen molar-refractivity contribution >= 4 is 5.91 Å². The summed E-state index contributed by atoms with van der Waals surface area (Å²) in [6.07, 6.45) is 6.89. The van der Waals surface area contributed by atoms with Gasteiger partial charge in [-0.2, -0.15) is 0 Å². The fourth-order valence-electron chi connectivity index (χ4n) is 4.06. The number of carbonyl (C=O) groups is 1. The van der Waals surface area contributed by atoms with Gasteiger partial charge in [0, 0.05) is 25.0 Å². The standard InChI is InChI=1S/C17H32N2O/c1-4-14-6-5-8-19(9-7-14)17(20)15-11-16(18)13(3)10-12(15)2/h12-16H,4-11,18H2,1-3H3.